The van der Waals surface area contributed by atoms with E-state index in [-0.39, 0.29) is 19.1 Å². The number of nitrogens with zero attached hydrogens (tertiary/aromatic N) is 3. The Bertz CT molecular complexity index is 1010. The summed E-state index contributed by atoms with van der Waals surface area (Å²) < 4.78 is 40.1. The summed E-state index contributed by atoms with van der Waals surface area (Å²) in [5.74, 6) is 0. The fourth-order valence-corrected chi connectivity index (χ4v) is 4.81. The van der Waals surface area contributed by atoms with E-state index in [2.05, 4.69) is 15.6 Å². The van der Waals surface area contributed by atoms with Gasteiger partial charge in [-0.25, -0.2) is 14.6 Å². The first-order valence-electron chi connectivity index (χ1n) is 9.32. The van der Waals surface area contributed by atoms with E-state index in [4.69, 9.17) is 0 Å². The van der Waals surface area contributed by atoms with Crippen LogP contribution in [0.15, 0.2) is 24.4 Å². The molecular formula is C19H20F3N5O2S. The monoisotopic (exact) mass is 439 g/mol. The number of likely N-dealkylation sites (tertiary alicyclic amines) is 1. The predicted octanol–water partition coefficient (Wildman–Crippen LogP) is 3.81. The molecule has 30 heavy (non-hydrogen) atoms. The second kappa shape index (κ2) is 7.15. The lowest BCUT2D eigenvalue weighted by molar-refractivity contribution is -0.137. The van der Waals surface area contributed by atoms with Crippen molar-refractivity contribution < 1.29 is 22.8 Å². The number of amides is 4. The van der Waals surface area contributed by atoms with E-state index < -0.39 is 23.2 Å². The quantitative estimate of drug-likeness (QED) is 0.710. The Kier molecular flexibility index (Phi) is 4.88. The first kappa shape index (κ1) is 20.5. The summed E-state index contributed by atoms with van der Waals surface area (Å²) in [5, 5.41) is 5.69. The van der Waals surface area contributed by atoms with Gasteiger partial charge in [0.25, 0.3) is 0 Å². The van der Waals surface area contributed by atoms with Gasteiger partial charge in [-0.15, -0.1) is 11.3 Å². The predicted molar refractivity (Wildman–Crippen MR) is 107 cm³/mol. The lowest BCUT2D eigenvalue weighted by atomic mass is 9.81. The van der Waals surface area contributed by atoms with Gasteiger partial charge in [0.15, 0.2) is 5.13 Å². The third-order valence-corrected chi connectivity index (χ3v) is 6.41. The van der Waals surface area contributed by atoms with Gasteiger partial charge in [0.05, 0.1) is 5.56 Å². The molecule has 4 amide bonds. The largest absolute Gasteiger partial charge is 0.416 e. The van der Waals surface area contributed by atoms with Crippen molar-refractivity contribution in [1.29, 1.82) is 0 Å². The molecule has 1 spiro atoms. The highest BCUT2D eigenvalue weighted by Crippen LogP contribution is 2.48. The number of hydrogen-bond acceptors (Lipinski definition) is 4. The van der Waals surface area contributed by atoms with Gasteiger partial charge in [-0.05, 0) is 37.1 Å². The van der Waals surface area contributed by atoms with Crippen molar-refractivity contribution in [2.45, 2.75) is 24.9 Å². The molecule has 4 rings (SSSR count). The number of fused-ring (bicyclic) bond motifs is 2. The van der Waals surface area contributed by atoms with Gasteiger partial charge < -0.3 is 10.2 Å². The van der Waals surface area contributed by atoms with Gasteiger partial charge >= 0.3 is 18.2 Å². The van der Waals surface area contributed by atoms with E-state index in [0.29, 0.717) is 29.3 Å². The SMILES string of the molecule is CNC(=O)N1CCC2(C1)CN(C(=O)Nc1ncc(C)s1)c1ccc(C(F)(F)F)cc12. The standard InChI is InChI=1S/C19H20F3N5O2S/c1-11-8-24-15(30-11)25-17(29)27-10-18(5-6-26(9-18)16(28)23-2)13-7-12(19(20,21)22)3-4-14(13)27/h3-4,7-8H,5-6,9-10H2,1-2H3,(H,23,28)(H,24,25,29). The normalized spacial score (nSPS) is 20.6. The molecule has 7 nitrogen and oxygen atoms in total. The van der Waals surface area contributed by atoms with E-state index in [1.54, 1.807) is 11.1 Å². The number of nitrogens with one attached hydrogen (secondary N) is 2. The summed E-state index contributed by atoms with van der Waals surface area (Å²) in [5.41, 5.74) is -0.655. The fraction of sp³-hybridized carbons (Fsp3) is 0.421. The second-order valence-electron chi connectivity index (χ2n) is 7.53. The number of urea groups is 2. The first-order chi connectivity index (χ1) is 14.1. The van der Waals surface area contributed by atoms with Crippen molar-refractivity contribution in [3.63, 3.8) is 0 Å². The number of aromatic nitrogens is 1. The highest BCUT2D eigenvalue weighted by Gasteiger charge is 2.50. The van der Waals surface area contributed by atoms with Gasteiger partial charge in [-0.3, -0.25) is 10.2 Å². The van der Waals surface area contributed by atoms with Crippen LogP contribution in [0.4, 0.5) is 33.6 Å². The molecule has 1 atom stereocenters. The molecule has 2 aliphatic rings. The van der Waals surface area contributed by atoms with Gasteiger partial charge in [0.1, 0.15) is 0 Å². The minimum absolute atomic E-state index is 0.188. The number of anilines is 2. The highest BCUT2D eigenvalue weighted by atomic mass is 32.1. The summed E-state index contributed by atoms with van der Waals surface area (Å²) in [4.78, 5) is 33.1. The van der Waals surface area contributed by atoms with Crippen LogP contribution in [0.1, 0.15) is 22.4 Å². The van der Waals surface area contributed by atoms with E-state index in [9.17, 15) is 22.8 Å². The van der Waals surface area contributed by atoms with Crippen molar-refractivity contribution in [2.75, 3.05) is 36.9 Å². The van der Waals surface area contributed by atoms with E-state index in [1.807, 2.05) is 6.92 Å². The minimum Gasteiger partial charge on any atom is -0.341 e. The van der Waals surface area contributed by atoms with Crippen LogP contribution in [0.25, 0.3) is 0 Å². The number of carbonyl (C=O) groups is 2. The van der Waals surface area contributed by atoms with Crippen LogP contribution >= 0.6 is 11.3 Å². The zero-order chi connectivity index (χ0) is 21.7. The van der Waals surface area contributed by atoms with Crippen LogP contribution in [-0.4, -0.2) is 48.6 Å². The summed E-state index contributed by atoms with van der Waals surface area (Å²) in [6.07, 6.45) is -2.40. The van der Waals surface area contributed by atoms with Crippen molar-refractivity contribution in [3.05, 3.63) is 40.4 Å². The third kappa shape index (κ3) is 3.47. The molecular weight excluding hydrogens is 419 g/mol. The highest BCUT2D eigenvalue weighted by molar-refractivity contribution is 7.15. The Labute approximate surface area is 174 Å². The molecule has 1 unspecified atom stereocenters. The summed E-state index contributed by atoms with van der Waals surface area (Å²) in [6, 6.07) is 2.69. The Hall–Kier alpha value is -2.82. The molecule has 1 fully saturated rings. The molecule has 2 N–H and O–H groups in total. The van der Waals surface area contributed by atoms with Crippen LogP contribution < -0.4 is 15.5 Å². The van der Waals surface area contributed by atoms with E-state index >= 15 is 0 Å². The lowest BCUT2D eigenvalue weighted by Gasteiger charge is -2.26. The van der Waals surface area contributed by atoms with E-state index in [1.165, 1.54) is 29.4 Å². The number of benzene rings is 1. The van der Waals surface area contributed by atoms with Crippen molar-refractivity contribution in [2.24, 2.45) is 0 Å². The van der Waals surface area contributed by atoms with Crippen LogP contribution in [0.3, 0.4) is 0 Å². The third-order valence-electron chi connectivity index (χ3n) is 5.58. The molecule has 3 heterocycles. The molecule has 0 aliphatic carbocycles. The number of thiazole rings is 1. The Morgan fingerprint density at radius 1 is 1.23 bits per heavy atom. The average Bonchev–Trinajstić information content (AvgIpc) is 3.39. The molecule has 2 aromatic rings. The molecule has 160 valence electrons. The average molecular weight is 439 g/mol. The molecule has 11 heteroatoms. The number of rotatable bonds is 1. The van der Waals surface area contributed by atoms with Crippen LogP contribution in [0, 0.1) is 6.92 Å². The van der Waals surface area contributed by atoms with Crippen molar-refractivity contribution in [1.82, 2.24) is 15.2 Å². The fourth-order valence-electron chi connectivity index (χ4n) is 4.15. The Morgan fingerprint density at radius 2 is 2.00 bits per heavy atom. The van der Waals surface area contributed by atoms with Crippen molar-refractivity contribution in [3.8, 4) is 0 Å². The summed E-state index contributed by atoms with van der Waals surface area (Å²) in [6.45, 7) is 2.68. The van der Waals surface area contributed by atoms with Crippen molar-refractivity contribution >= 4 is 34.2 Å². The zero-order valence-electron chi connectivity index (χ0n) is 16.3. The molecule has 1 aromatic heterocycles. The van der Waals surface area contributed by atoms with E-state index in [0.717, 1.165) is 17.0 Å². The van der Waals surface area contributed by atoms with Gasteiger partial charge in [0, 0.05) is 48.9 Å². The smallest absolute Gasteiger partial charge is 0.341 e. The minimum atomic E-state index is -4.50. The topological polar surface area (TPSA) is 77.6 Å². The first-order valence-corrected chi connectivity index (χ1v) is 10.1. The Morgan fingerprint density at radius 3 is 2.63 bits per heavy atom. The summed E-state index contributed by atoms with van der Waals surface area (Å²) in [7, 11) is 1.51. The van der Waals surface area contributed by atoms with Crippen LogP contribution in [0.5, 0.6) is 0 Å². The Balaban J connectivity index is 1.70. The maximum absolute atomic E-state index is 13.4. The molecule has 0 saturated carbocycles. The van der Waals surface area contributed by atoms with Crippen LogP contribution in [0.2, 0.25) is 0 Å². The van der Waals surface area contributed by atoms with Gasteiger partial charge in [-0.1, -0.05) is 0 Å². The lowest BCUT2D eigenvalue weighted by Crippen LogP contribution is -2.43. The number of aryl methyl sites for hydroxylation is 1. The zero-order valence-corrected chi connectivity index (χ0v) is 17.2. The summed E-state index contributed by atoms with van der Waals surface area (Å²) >= 11 is 1.31. The second-order valence-corrected chi connectivity index (χ2v) is 8.76. The molecule has 1 saturated heterocycles. The number of halogens is 3. The van der Waals surface area contributed by atoms with Crippen LogP contribution in [-0.2, 0) is 11.6 Å². The molecule has 0 bridgehead atoms. The number of alkyl halides is 3. The molecule has 0 radical (unpaired) electrons. The molecule has 1 aromatic carbocycles. The van der Waals surface area contributed by atoms with Gasteiger partial charge in [-0.2, -0.15) is 13.2 Å². The number of hydrogen-bond donors (Lipinski definition) is 2. The van der Waals surface area contributed by atoms with Gasteiger partial charge in [0.2, 0.25) is 0 Å². The maximum atomic E-state index is 13.4. The maximum Gasteiger partial charge on any atom is 0.416 e. The number of carbonyl (C=O) groups excluding carboxylic acids is 2. The molecule has 2 aliphatic heterocycles.